The fourth-order valence-corrected chi connectivity index (χ4v) is 3.90. The molecule has 0 amide bonds. The first kappa shape index (κ1) is 28.8. The van der Waals surface area contributed by atoms with Crippen LogP contribution in [0.4, 0.5) is 11.4 Å². The van der Waals surface area contributed by atoms with Gasteiger partial charge in [0.05, 0.1) is 9.85 Å². The van der Waals surface area contributed by atoms with Crippen molar-refractivity contribution in [3.05, 3.63) is 152 Å². The van der Waals surface area contributed by atoms with Crippen LogP contribution in [0.2, 0.25) is 0 Å². The Morgan fingerprint density at radius 2 is 0.902 bits per heavy atom. The SMILES string of the molecule is O=[N+]([O-])c1ccc(COc2ccc(C=CCCCC=Cc3ccc(OCc4ccc([N+](=O)[O-])cc4)cc3)cc2)cc1. The quantitative estimate of drug-likeness (QED) is 0.0885. The molecule has 0 saturated heterocycles. The zero-order valence-corrected chi connectivity index (χ0v) is 22.4. The van der Waals surface area contributed by atoms with E-state index in [0.29, 0.717) is 13.2 Å². The predicted octanol–water partition coefficient (Wildman–Crippen LogP) is 8.56. The van der Waals surface area contributed by atoms with Crippen LogP contribution in [0.3, 0.4) is 0 Å². The van der Waals surface area contributed by atoms with Crippen molar-refractivity contribution in [1.82, 2.24) is 0 Å². The Labute approximate surface area is 238 Å². The van der Waals surface area contributed by atoms with E-state index in [-0.39, 0.29) is 11.4 Å². The summed E-state index contributed by atoms with van der Waals surface area (Å²) in [6.07, 6.45) is 11.5. The average Bonchev–Trinajstić information content (AvgIpc) is 3.00. The van der Waals surface area contributed by atoms with E-state index >= 15 is 0 Å². The summed E-state index contributed by atoms with van der Waals surface area (Å²) in [6, 6.07) is 28.4. The minimum absolute atomic E-state index is 0.0674. The molecule has 0 aliphatic carbocycles. The van der Waals surface area contributed by atoms with Crippen molar-refractivity contribution in [1.29, 1.82) is 0 Å². The van der Waals surface area contributed by atoms with Crippen LogP contribution >= 0.6 is 0 Å². The summed E-state index contributed by atoms with van der Waals surface area (Å²) in [5.41, 5.74) is 4.07. The number of nitrogens with zero attached hydrogens (tertiary/aromatic N) is 2. The molecule has 41 heavy (non-hydrogen) atoms. The Hall–Kier alpha value is -5.24. The van der Waals surface area contributed by atoms with E-state index in [4.69, 9.17) is 9.47 Å². The number of nitro groups is 2. The lowest BCUT2D eigenvalue weighted by atomic mass is 10.1. The summed E-state index contributed by atoms with van der Waals surface area (Å²) < 4.78 is 11.5. The first-order valence-corrected chi connectivity index (χ1v) is 13.2. The molecule has 0 aromatic heterocycles. The van der Waals surface area contributed by atoms with Gasteiger partial charge >= 0.3 is 0 Å². The number of ether oxygens (including phenoxy) is 2. The van der Waals surface area contributed by atoms with Gasteiger partial charge in [0.2, 0.25) is 0 Å². The second-order valence-electron chi connectivity index (χ2n) is 9.30. The third kappa shape index (κ3) is 9.47. The van der Waals surface area contributed by atoms with E-state index < -0.39 is 9.85 Å². The number of non-ortho nitro benzene ring substituents is 2. The molecule has 4 aromatic rings. The van der Waals surface area contributed by atoms with Gasteiger partial charge in [-0.2, -0.15) is 0 Å². The van der Waals surface area contributed by atoms with Crippen LogP contribution in [0.25, 0.3) is 12.2 Å². The van der Waals surface area contributed by atoms with Crippen molar-refractivity contribution >= 4 is 23.5 Å². The topological polar surface area (TPSA) is 105 Å². The lowest BCUT2D eigenvalue weighted by Crippen LogP contribution is -1.96. The summed E-state index contributed by atoms with van der Waals surface area (Å²) in [7, 11) is 0. The lowest BCUT2D eigenvalue weighted by Gasteiger charge is -2.06. The molecule has 0 heterocycles. The number of hydrogen-bond acceptors (Lipinski definition) is 6. The smallest absolute Gasteiger partial charge is 0.269 e. The molecule has 8 heteroatoms. The maximum atomic E-state index is 10.7. The largest absolute Gasteiger partial charge is 0.489 e. The van der Waals surface area contributed by atoms with Gasteiger partial charge < -0.3 is 9.47 Å². The van der Waals surface area contributed by atoms with E-state index in [1.54, 1.807) is 24.3 Å². The second-order valence-corrected chi connectivity index (χ2v) is 9.30. The summed E-state index contributed by atoms with van der Waals surface area (Å²) >= 11 is 0. The van der Waals surface area contributed by atoms with Crippen LogP contribution in [0.1, 0.15) is 41.5 Å². The second kappa shape index (κ2) is 14.8. The van der Waals surface area contributed by atoms with Crippen molar-refractivity contribution < 1.29 is 19.3 Å². The highest BCUT2D eigenvalue weighted by atomic mass is 16.6. The van der Waals surface area contributed by atoms with Crippen molar-refractivity contribution in [3.8, 4) is 11.5 Å². The lowest BCUT2D eigenvalue weighted by molar-refractivity contribution is -0.385. The van der Waals surface area contributed by atoms with Gasteiger partial charge in [-0.3, -0.25) is 20.2 Å². The van der Waals surface area contributed by atoms with Gasteiger partial charge in [-0.1, -0.05) is 48.6 Å². The first-order valence-electron chi connectivity index (χ1n) is 13.2. The van der Waals surface area contributed by atoms with Gasteiger partial charge in [0.15, 0.2) is 0 Å². The normalized spacial score (nSPS) is 11.1. The Morgan fingerprint density at radius 3 is 1.24 bits per heavy atom. The van der Waals surface area contributed by atoms with Crippen LogP contribution in [0.5, 0.6) is 11.5 Å². The molecule has 0 aliphatic rings. The fraction of sp³-hybridized carbons (Fsp3) is 0.152. The van der Waals surface area contributed by atoms with Gasteiger partial charge in [-0.25, -0.2) is 0 Å². The predicted molar refractivity (Wildman–Crippen MR) is 160 cm³/mol. The van der Waals surface area contributed by atoms with Crippen LogP contribution in [-0.2, 0) is 13.2 Å². The average molecular weight is 551 g/mol. The monoisotopic (exact) mass is 550 g/mol. The highest BCUT2D eigenvalue weighted by molar-refractivity contribution is 5.51. The van der Waals surface area contributed by atoms with E-state index in [2.05, 4.69) is 24.3 Å². The number of rotatable bonds is 14. The summed E-state index contributed by atoms with van der Waals surface area (Å²) in [5.74, 6) is 1.49. The van der Waals surface area contributed by atoms with Crippen molar-refractivity contribution in [3.63, 3.8) is 0 Å². The van der Waals surface area contributed by atoms with Crippen LogP contribution in [0, 0.1) is 20.2 Å². The Balaban J connectivity index is 1.11. The zero-order chi connectivity index (χ0) is 28.9. The van der Waals surface area contributed by atoms with E-state index in [9.17, 15) is 20.2 Å². The summed E-state index contributed by atoms with van der Waals surface area (Å²) in [5, 5.41) is 21.5. The van der Waals surface area contributed by atoms with Crippen molar-refractivity contribution in [2.75, 3.05) is 0 Å². The van der Waals surface area contributed by atoms with Crippen molar-refractivity contribution in [2.24, 2.45) is 0 Å². The fourth-order valence-electron chi connectivity index (χ4n) is 3.90. The molecule has 0 radical (unpaired) electrons. The molecule has 208 valence electrons. The maximum absolute atomic E-state index is 10.7. The number of hydrogen-bond donors (Lipinski definition) is 0. The highest BCUT2D eigenvalue weighted by Crippen LogP contribution is 2.19. The first-order chi connectivity index (χ1) is 20.0. The molecular weight excluding hydrogens is 520 g/mol. The third-order valence-corrected chi connectivity index (χ3v) is 6.23. The number of allylic oxidation sites excluding steroid dienone is 2. The molecule has 0 unspecified atom stereocenters. The van der Waals surface area contributed by atoms with Gasteiger partial charge in [-0.15, -0.1) is 0 Å². The van der Waals surface area contributed by atoms with Crippen LogP contribution in [-0.4, -0.2) is 9.85 Å². The summed E-state index contributed by atoms with van der Waals surface area (Å²) in [4.78, 5) is 20.7. The molecule has 4 aromatic carbocycles. The van der Waals surface area contributed by atoms with E-state index in [1.165, 1.54) is 24.3 Å². The third-order valence-electron chi connectivity index (χ3n) is 6.23. The molecule has 4 rings (SSSR count). The van der Waals surface area contributed by atoms with Gasteiger partial charge in [0.1, 0.15) is 24.7 Å². The number of nitro benzene ring substituents is 2. The zero-order valence-electron chi connectivity index (χ0n) is 22.4. The molecular formula is C33H30N2O6. The molecule has 0 spiro atoms. The maximum Gasteiger partial charge on any atom is 0.269 e. The molecule has 0 N–H and O–H groups in total. The van der Waals surface area contributed by atoms with Gasteiger partial charge in [0, 0.05) is 24.3 Å². The molecule has 0 fully saturated rings. The van der Waals surface area contributed by atoms with Gasteiger partial charge in [-0.05, 0) is 90.0 Å². The summed E-state index contributed by atoms with van der Waals surface area (Å²) in [6.45, 7) is 0.700. The molecule has 0 atom stereocenters. The highest BCUT2D eigenvalue weighted by Gasteiger charge is 2.05. The number of benzene rings is 4. The molecule has 0 aliphatic heterocycles. The van der Waals surface area contributed by atoms with E-state index in [0.717, 1.165) is 53.0 Å². The Morgan fingerprint density at radius 1 is 0.537 bits per heavy atom. The Kier molecular flexibility index (Phi) is 10.4. The minimum atomic E-state index is -0.416. The van der Waals surface area contributed by atoms with Crippen molar-refractivity contribution in [2.45, 2.75) is 32.5 Å². The minimum Gasteiger partial charge on any atom is -0.489 e. The van der Waals surface area contributed by atoms with Crippen LogP contribution < -0.4 is 9.47 Å². The van der Waals surface area contributed by atoms with Crippen LogP contribution in [0.15, 0.2) is 109 Å². The van der Waals surface area contributed by atoms with Gasteiger partial charge in [0.25, 0.3) is 11.4 Å². The standard InChI is InChI=1S/C33H30N2O6/c36-34(37)30-16-8-28(9-17-30)24-40-32-20-12-26(13-21-32)6-4-2-1-3-5-7-27-14-22-33(23-15-27)41-25-29-10-18-31(19-11-29)35(38)39/h4-23H,1-3,24-25H2. The Bertz CT molecular complexity index is 1360. The molecule has 0 bridgehead atoms. The molecule has 0 saturated carbocycles. The van der Waals surface area contributed by atoms with E-state index in [1.807, 2.05) is 48.5 Å². The molecule has 8 nitrogen and oxygen atoms in total. The number of unbranched alkanes of at least 4 members (excludes halogenated alkanes) is 2.